The first kappa shape index (κ1) is 17.2. The van der Waals surface area contributed by atoms with Crippen LogP contribution in [-0.2, 0) is 10.0 Å². The Labute approximate surface area is 162 Å². The lowest BCUT2D eigenvalue weighted by atomic mass is 10.2. The second-order valence-corrected chi connectivity index (χ2v) is 8.69. The number of imidazole rings is 1. The van der Waals surface area contributed by atoms with Crippen molar-refractivity contribution in [3.63, 3.8) is 0 Å². The first-order valence-electron chi connectivity index (χ1n) is 9.06. The number of hydrogen-bond acceptors (Lipinski definition) is 5. The van der Waals surface area contributed by atoms with E-state index in [-0.39, 0.29) is 6.04 Å². The van der Waals surface area contributed by atoms with E-state index in [9.17, 15) is 8.42 Å². The van der Waals surface area contributed by atoms with Gasteiger partial charge in [0.25, 0.3) is 0 Å². The van der Waals surface area contributed by atoms with Crippen molar-refractivity contribution in [2.24, 2.45) is 0 Å². The van der Waals surface area contributed by atoms with E-state index < -0.39 is 10.0 Å². The highest BCUT2D eigenvalue weighted by atomic mass is 32.2. The Balaban J connectivity index is 1.55. The monoisotopic (exact) mass is 394 g/mol. The Bertz CT molecular complexity index is 1220. The standard InChI is InChI=1S/C20H18N4O3S/c25-28(26,16-6-2-1-3-7-16)23-12-10-15(14-23)24-19-17(8-4-11-21-19)22-20(24)18-9-5-13-27-18/h1-9,11,13,15H,10,12,14H2/t15-/m1/s1. The Hall–Kier alpha value is -2.97. The fourth-order valence-corrected chi connectivity index (χ4v) is 5.25. The summed E-state index contributed by atoms with van der Waals surface area (Å²) in [5, 5.41) is 0. The Morgan fingerprint density at radius 3 is 2.68 bits per heavy atom. The van der Waals surface area contributed by atoms with Crippen LogP contribution in [0.15, 0.2) is 76.4 Å². The predicted molar refractivity (Wildman–Crippen MR) is 104 cm³/mol. The minimum absolute atomic E-state index is 0.0708. The van der Waals surface area contributed by atoms with Gasteiger partial charge in [0.2, 0.25) is 10.0 Å². The lowest BCUT2D eigenvalue weighted by Gasteiger charge is -2.18. The number of nitrogens with zero attached hydrogens (tertiary/aromatic N) is 4. The predicted octanol–water partition coefficient (Wildman–Crippen LogP) is 3.33. The second kappa shape index (κ2) is 6.57. The molecule has 0 unspecified atom stereocenters. The molecule has 28 heavy (non-hydrogen) atoms. The van der Waals surface area contributed by atoms with E-state index in [0.717, 1.165) is 11.2 Å². The van der Waals surface area contributed by atoms with Gasteiger partial charge in [0.15, 0.2) is 17.2 Å². The maximum atomic E-state index is 13.0. The molecule has 1 fully saturated rings. The Kier molecular flexibility index (Phi) is 4.03. The van der Waals surface area contributed by atoms with Gasteiger partial charge in [0.05, 0.1) is 17.2 Å². The third-order valence-corrected chi connectivity index (χ3v) is 6.94. The van der Waals surface area contributed by atoms with Crippen LogP contribution in [0.1, 0.15) is 12.5 Å². The number of hydrogen-bond donors (Lipinski definition) is 0. The maximum absolute atomic E-state index is 13.0. The number of rotatable bonds is 4. The number of aromatic nitrogens is 3. The van der Waals surface area contributed by atoms with Crippen LogP contribution in [0.3, 0.4) is 0 Å². The summed E-state index contributed by atoms with van der Waals surface area (Å²) in [5.41, 5.74) is 1.50. The zero-order chi connectivity index (χ0) is 19.1. The number of furan rings is 1. The molecule has 8 heteroatoms. The van der Waals surface area contributed by atoms with Crippen molar-refractivity contribution in [1.29, 1.82) is 0 Å². The average molecular weight is 394 g/mol. The van der Waals surface area contributed by atoms with Crippen LogP contribution in [0.25, 0.3) is 22.7 Å². The van der Waals surface area contributed by atoms with Crippen LogP contribution >= 0.6 is 0 Å². The molecule has 0 bridgehead atoms. The van der Waals surface area contributed by atoms with E-state index in [2.05, 4.69) is 9.97 Å². The first-order valence-corrected chi connectivity index (χ1v) is 10.5. The van der Waals surface area contributed by atoms with Crippen molar-refractivity contribution in [1.82, 2.24) is 18.8 Å². The molecule has 4 heterocycles. The summed E-state index contributed by atoms with van der Waals surface area (Å²) in [6.07, 6.45) is 4.01. The summed E-state index contributed by atoms with van der Waals surface area (Å²) in [6, 6.07) is 15.9. The molecule has 1 aliphatic rings. The fraction of sp³-hybridized carbons (Fsp3) is 0.200. The fourth-order valence-electron chi connectivity index (χ4n) is 3.74. The lowest BCUT2D eigenvalue weighted by molar-refractivity contribution is 0.453. The van der Waals surface area contributed by atoms with Gasteiger partial charge in [-0.1, -0.05) is 18.2 Å². The summed E-state index contributed by atoms with van der Waals surface area (Å²) in [4.78, 5) is 9.49. The zero-order valence-corrected chi connectivity index (χ0v) is 15.8. The molecular weight excluding hydrogens is 376 g/mol. The molecule has 0 radical (unpaired) electrons. The molecule has 142 valence electrons. The maximum Gasteiger partial charge on any atom is 0.243 e. The van der Waals surface area contributed by atoms with Gasteiger partial charge in [0.1, 0.15) is 5.52 Å². The molecule has 5 rings (SSSR count). The van der Waals surface area contributed by atoms with Crippen molar-refractivity contribution < 1.29 is 12.8 Å². The molecular formula is C20H18N4O3S. The number of benzene rings is 1. The van der Waals surface area contributed by atoms with Gasteiger partial charge in [-0.2, -0.15) is 4.31 Å². The van der Waals surface area contributed by atoms with Gasteiger partial charge in [0, 0.05) is 19.3 Å². The summed E-state index contributed by atoms with van der Waals surface area (Å²) < 4.78 is 35.1. The molecule has 1 atom stereocenters. The van der Waals surface area contributed by atoms with E-state index in [4.69, 9.17) is 4.42 Å². The lowest BCUT2D eigenvalue weighted by Crippen LogP contribution is -2.29. The molecule has 0 aliphatic carbocycles. The van der Waals surface area contributed by atoms with Crippen molar-refractivity contribution in [2.45, 2.75) is 17.4 Å². The number of pyridine rings is 1. The largest absolute Gasteiger partial charge is 0.461 e. The third-order valence-electron chi connectivity index (χ3n) is 5.06. The van der Waals surface area contributed by atoms with Gasteiger partial charge >= 0.3 is 0 Å². The van der Waals surface area contributed by atoms with Crippen LogP contribution in [0.2, 0.25) is 0 Å². The molecule has 3 aromatic heterocycles. The third kappa shape index (κ3) is 2.73. The van der Waals surface area contributed by atoms with Crippen LogP contribution in [0, 0.1) is 0 Å². The highest BCUT2D eigenvalue weighted by Crippen LogP contribution is 2.34. The summed E-state index contributed by atoms with van der Waals surface area (Å²) in [5.74, 6) is 1.31. The van der Waals surface area contributed by atoms with E-state index in [1.165, 1.54) is 4.31 Å². The van der Waals surface area contributed by atoms with Crippen molar-refractivity contribution >= 4 is 21.2 Å². The van der Waals surface area contributed by atoms with E-state index in [1.54, 1.807) is 36.7 Å². The molecule has 1 saturated heterocycles. The molecule has 1 aliphatic heterocycles. The molecule has 0 amide bonds. The van der Waals surface area contributed by atoms with E-state index in [0.29, 0.717) is 36.0 Å². The van der Waals surface area contributed by atoms with E-state index in [1.807, 2.05) is 34.9 Å². The summed E-state index contributed by atoms with van der Waals surface area (Å²) in [6.45, 7) is 0.818. The minimum Gasteiger partial charge on any atom is -0.461 e. The molecule has 1 aromatic carbocycles. The molecule has 0 saturated carbocycles. The van der Waals surface area contributed by atoms with Gasteiger partial charge in [-0.05, 0) is 42.8 Å². The zero-order valence-electron chi connectivity index (χ0n) is 15.0. The summed E-state index contributed by atoms with van der Waals surface area (Å²) >= 11 is 0. The van der Waals surface area contributed by atoms with Crippen LogP contribution in [0.4, 0.5) is 0 Å². The molecule has 4 aromatic rings. The number of fused-ring (bicyclic) bond motifs is 1. The van der Waals surface area contributed by atoms with Crippen LogP contribution in [-0.4, -0.2) is 40.3 Å². The van der Waals surface area contributed by atoms with E-state index >= 15 is 0 Å². The Morgan fingerprint density at radius 2 is 1.89 bits per heavy atom. The SMILES string of the molecule is O=S(=O)(c1ccccc1)N1CC[C@@H](n2c(-c3ccco3)nc3cccnc32)C1. The summed E-state index contributed by atoms with van der Waals surface area (Å²) in [7, 11) is -3.53. The van der Waals surface area contributed by atoms with Gasteiger partial charge in [-0.25, -0.2) is 18.4 Å². The minimum atomic E-state index is -3.53. The van der Waals surface area contributed by atoms with Crippen LogP contribution in [0.5, 0.6) is 0 Å². The van der Waals surface area contributed by atoms with Crippen LogP contribution < -0.4 is 0 Å². The number of sulfonamides is 1. The second-order valence-electron chi connectivity index (χ2n) is 6.75. The van der Waals surface area contributed by atoms with Crippen molar-refractivity contribution in [3.05, 3.63) is 67.1 Å². The topological polar surface area (TPSA) is 81.2 Å². The Morgan fingerprint density at radius 1 is 1.04 bits per heavy atom. The average Bonchev–Trinajstić information content (AvgIpc) is 3.46. The first-order chi connectivity index (χ1) is 13.6. The smallest absolute Gasteiger partial charge is 0.243 e. The highest BCUT2D eigenvalue weighted by molar-refractivity contribution is 7.89. The van der Waals surface area contributed by atoms with Crippen molar-refractivity contribution in [3.8, 4) is 11.6 Å². The van der Waals surface area contributed by atoms with Gasteiger partial charge in [-0.15, -0.1) is 0 Å². The molecule has 7 nitrogen and oxygen atoms in total. The van der Waals surface area contributed by atoms with Gasteiger partial charge < -0.3 is 8.98 Å². The van der Waals surface area contributed by atoms with Crippen molar-refractivity contribution in [2.75, 3.05) is 13.1 Å². The highest BCUT2D eigenvalue weighted by Gasteiger charge is 2.35. The van der Waals surface area contributed by atoms with Gasteiger partial charge in [-0.3, -0.25) is 0 Å². The normalized spacial score (nSPS) is 18.1. The molecule has 0 N–H and O–H groups in total. The molecule has 0 spiro atoms. The quantitative estimate of drug-likeness (QED) is 0.530.